The standard InChI is InChI=1S/C5H8O2/c6-5-1-3-7-4-2-5/h1-4H2/i1D,2D,3D,4D. The van der Waals surface area contributed by atoms with Gasteiger partial charge in [0.25, 0.3) is 0 Å². The summed E-state index contributed by atoms with van der Waals surface area (Å²) in [6.07, 6.45) is -2.64. The normalized spacial score (nSPS) is 72.9. The van der Waals surface area contributed by atoms with Crippen LogP contribution in [0.1, 0.15) is 18.3 Å². The molecule has 2 nitrogen and oxygen atoms in total. The molecule has 0 spiro atoms. The van der Waals surface area contributed by atoms with Crippen molar-refractivity contribution in [2.24, 2.45) is 0 Å². The van der Waals surface area contributed by atoms with Crippen molar-refractivity contribution in [3.63, 3.8) is 0 Å². The molecule has 1 saturated heterocycles. The quantitative estimate of drug-likeness (QED) is 0.443. The molecule has 1 rings (SSSR count). The van der Waals surface area contributed by atoms with Crippen molar-refractivity contribution >= 4 is 5.78 Å². The van der Waals surface area contributed by atoms with Gasteiger partial charge in [0.2, 0.25) is 0 Å². The van der Waals surface area contributed by atoms with Crippen LogP contribution in [0.25, 0.3) is 0 Å². The molecule has 4 atom stereocenters. The Bertz CT molecular complexity index is 158. The summed E-state index contributed by atoms with van der Waals surface area (Å²) < 4.78 is 32.6. The van der Waals surface area contributed by atoms with Crippen LogP contribution in [0.4, 0.5) is 0 Å². The van der Waals surface area contributed by atoms with Crippen LogP contribution in [-0.2, 0) is 9.53 Å². The zero-order valence-electron chi connectivity index (χ0n) is 7.63. The molecule has 0 aromatic heterocycles. The Hall–Kier alpha value is -0.370. The maximum Gasteiger partial charge on any atom is 0.137 e. The summed E-state index contributed by atoms with van der Waals surface area (Å²) in [5.74, 6) is -0.698. The third-order valence-corrected chi connectivity index (χ3v) is 0.622. The first-order valence-corrected chi connectivity index (χ1v) is 1.92. The van der Waals surface area contributed by atoms with Crippen LogP contribution in [0.15, 0.2) is 0 Å². The first-order valence-electron chi connectivity index (χ1n) is 4.23. The molecule has 1 fully saturated rings. The molecule has 1 aliphatic heterocycles. The highest BCUT2D eigenvalue weighted by Gasteiger charge is 2.06. The Morgan fingerprint density at radius 2 is 2.14 bits per heavy atom. The number of ketones is 1. The zero-order valence-corrected chi connectivity index (χ0v) is 3.63. The average Bonchev–Trinajstić information content (AvgIpc) is 1.97. The van der Waals surface area contributed by atoms with E-state index in [0.717, 1.165) is 0 Å². The third kappa shape index (κ3) is 1.27. The summed E-state index contributed by atoms with van der Waals surface area (Å²) in [5, 5.41) is 0. The van der Waals surface area contributed by atoms with Crippen LogP contribution < -0.4 is 0 Å². The zero-order chi connectivity index (χ0) is 8.59. The van der Waals surface area contributed by atoms with Gasteiger partial charge in [-0.2, -0.15) is 0 Å². The van der Waals surface area contributed by atoms with E-state index in [4.69, 9.17) is 5.48 Å². The Morgan fingerprint density at radius 1 is 1.57 bits per heavy atom. The van der Waals surface area contributed by atoms with Crippen LogP contribution in [0.3, 0.4) is 0 Å². The number of hydrogen-bond acceptors (Lipinski definition) is 2. The molecule has 0 radical (unpaired) electrons. The first kappa shape index (κ1) is 1.86. The predicted molar refractivity (Wildman–Crippen MR) is 25.1 cm³/mol. The van der Waals surface area contributed by atoms with E-state index in [-0.39, 0.29) is 0 Å². The maximum atomic E-state index is 10.9. The summed E-state index contributed by atoms with van der Waals surface area (Å²) in [6, 6.07) is 0. The second-order valence-electron chi connectivity index (χ2n) is 1.14. The molecular weight excluding hydrogens is 92.1 g/mol. The van der Waals surface area contributed by atoms with E-state index in [1.54, 1.807) is 0 Å². The number of Topliss-reactive ketones (excluding diaryl/α,β-unsaturated/α-hetero) is 1. The molecule has 0 aromatic rings. The molecule has 0 bridgehead atoms. The van der Waals surface area contributed by atoms with Crippen molar-refractivity contribution in [2.75, 3.05) is 13.2 Å². The smallest absolute Gasteiger partial charge is 0.137 e. The summed E-state index contributed by atoms with van der Waals surface area (Å²) >= 11 is 0. The lowest BCUT2D eigenvalue weighted by Gasteiger charge is -2.07. The fourth-order valence-corrected chi connectivity index (χ4v) is 0.314. The Balaban J connectivity index is 2.71. The number of hydrogen-bond donors (Lipinski definition) is 0. The van der Waals surface area contributed by atoms with Gasteiger partial charge in [-0.25, -0.2) is 0 Å². The van der Waals surface area contributed by atoms with E-state index in [0.29, 0.717) is 0 Å². The van der Waals surface area contributed by atoms with Gasteiger partial charge in [0, 0.05) is 15.5 Å². The van der Waals surface area contributed by atoms with Crippen LogP contribution in [0.2, 0.25) is 0 Å². The lowest BCUT2D eigenvalue weighted by atomic mass is 10.2. The molecule has 1 heterocycles. The van der Waals surface area contributed by atoms with E-state index >= 15 is 0 Å². The van der Waals surface area contributed by atoms with Gasteiger partial charge in [-0.3, -0.25) is 4.79 Å². The fourth-order valence-electron chi connectivity index (χ4n) is 0.314. The van der Waals surface area contributed by atoms with Crippen molar-refractivity contribution in [3.8, 4) is 0 Å². The Morgan fingerprint density at radius 3 is 2.71 bits per heavy atom. The van der Waals surface area contributed by atoms with Crippen LogP contribution in [0.5, 0.6) is 0 Å². The summed E-state index contributed by atoms with van der Waals surface area (Å²) in [4.78, 5) is 10.9. The van der Waals surface area contributed by atoms with E-state index in [2.05, 4.69) is 4.74 Å². The van der Waals surface area contributed by atoms with Gasteiger partial charge in [-0.05, 0) is 0 Å². The minimum Gasteiger partial charge on any atom is -0.381 e. The van der Waals surface area contributed by atoms with Gasteiger partial charge >= 0.3 is 0 Å². The van der Waals surface area contributed by atoms with Crippen molar-refractivity contribution in [1.29, 1.82) is 0 Å². The van der Waals surface area contributed by atoms with Crippen molar-refractivity contribution in [3.05, 3.63) is 0 Å². The van der Waals surface area contributed by atoms with Gasteiger partial charge in [0.15, 0.2) is 0 Å². The second-order valence-corrected chi connectivity index (χ2v) is 1.14. The molecule has 0 N–H and O–H groups in total. The molecule has 0 saturated carbocycles. The number of rotatable bonds is 0. The second kappa shape index (κ2) is 2.07. The van der Waals surface area contributed by atoms with Crippen molar-refractivity contribution < 1.29 is 15.0 Å². The SMILES string of the molecule is [2H]C1OC([2H])C([2H])C(=O)C1[2H]. The van der Waals surface area contributed by atoms with E-state index in [1.807, 2.05) is 0 Å². The minimum atomic E-state index is -1.32. The van der Waals surface area contributed by atoms with Gasteiger partial charge in [0.1, 0.15) is 5.78 Å². The van der Waals surface area contributed by atoms with Gasteiger partial charge in [-0.1, -0.05) is 0 Å². The molecule has 2 heteroatoms. The van der Waals surface area contributed by atoms with Crippen molar-refractivity contribution in [2.45, 2.75) is 12.8 Å². The van der Waals surface area contributed by atoms with Crippen molar-refractivity contribution in [1.82, 2.24) is 0 Å². The van der Waals surface area contributed by atoms with Crippen LogP contribution in [0, 0.1) is 0 Å². The summed E-state index contributed by atoms with van der Waals surface area (Å²) in [5.41, 5.74) is 0. The highest BCUT2D eigenvalue weighted by molar-refractivity contribution is 5.78. The lowest BCUT2D eigenvalue weighted by molar-refractivity contribution is -0.124. The molecule has 0 aliphatic carbocycles. The lowest BCUT2D eigenvalue weighted by Crippen LogP contribution is -2.14. The average molecular weight is 104 g/mol. The van der Waals surface area contributed by atoms with E-state index < -0.39 is 31.7 Å². The number of carbonyl (C=O) groups excluding carboxylic acids is 1. The largest absolute Gasteiger partial charge is 0.381 e. The molecule has 4 unspecified atom stereocenters. The molecule has 7 heavy (non-hydrogen) atoms. The fraction of sp³-hybridized carbons (Fsp3) is 0.800. The molecule has 40 valence electrons. The van der Waals surface area contributed by atoms with E-state index in [9.17, 15) is 4.79 Å². The minimum absolute atomic E-state index is 0.698. The number of carbonyl (C=O) groups is 1. The predicted octanol–water partition coefficient (Wildman–Crippen LogP) is 0.366. The highest BCUT2D eigenvalue weighted by atomic mass is 16.5. The molecule has 1 aliphatic rings. The van der Waals surface area contributed by atoms with Gasteiger partial charge in [0.05, 0.1) is 15.9 Å². The van der Waals surface area contributed by atoms with Gasteiger partial charge < -0.3 is 4.74 Å². The Labute approximate surface area is 48.1 Å². The Kier molecular flexibility index (Phi) is 0.551. The first-order chi connectivity index (χ1) is 5.04. The van der Waals surface area contributed by atoms with E-state index in [1.165, 1.54) is 0 Å². The van der Waals surface area contributed by atoms with Gasteiger partial charge in [-0.15, -0.1) is 0 Å². The molecular formula is C5H8O2. The highest BCUT2D eigenvalue weighted by Crippen LogP contribution is 1.98. The monoisotopic (exact) mass is 104 g/mol. The topological polar surface area (TPSA) is 26.3 Å². The third-order valence-electron chi connectivity index (χ3n) is 0.622. The summed E-state index contributed by atoms with van der Waals surface area (Å²) in [6.45, 7) is -2.60. The maximum absolute atomic E-state index is 10.9. The summed E-state index contributed by atoms with van der Waals surface area (Å²) in [7, 11) is 0. The van der Waals surface area contributed by atoms with Crippen LogP contribution in [-0.4, -0.2) is 18.9 Å². The molecule has 0 amide bonds. The molecule has 0 aromatic carbocycles. The number of ether oxygens (including phenoxy) is 1. The van der Waals surface area contributed by atoms with Crippen LogP contribution >= 0.6 is 0 Å².